The maximum absolute atomic E-state index is 13.8. The van der Waals surface area contributed by atoms with Crippen LogP contribution in [0.5, 0.6) is 0 Å². The summed E-state index contributed by atoms with van der Waals surface area (Å²) >= 11 is 0. The highest BCUT2D eigenvalue weighted by Gasteiger charge is 2.34. The minimum absolute atomic E-state index is 0.0778. The first-order valence-electron chi connectivity index (χ1n) is 17.0. The minimum Gasteiger partial charge on any atom is -0.392 e. The number of carbonyl (C=O) groups is 1. The van der Waals surface area contributed by atoms with Gasteiger partial charge in [0.1, 0.15) is 17.2 Å². The highest BCUT2D eigenvalue weighted by molar-refractivity contribution is 6.07. The van der Waals surface area contributed by atoms with E-state index >= 15 is 0 Å². The van der Waals surface area contributed by atoms with E-state index in [1.54, 1.807) is 36.6 Å². The van der Waals surface area contributed by atoms with Crippen LogP contribution in [-0.4, -0.2) is 86.5 Å². The number of piperazine rings is 1. The molecule has 0 bridgehead atoms. The van der Waals surface area contributed by atoms with Crippen molar-refractivity contribution in [1.29, 1.82) is 0 Å². The first-order chi connectivity index (χ1) is 23.4. The Balaban J connectivity index is 1.04. The van der Waals surface area contributed by atoms with E-state index < -0.39 is 0 Å². The molecule has 7 heterocycles. The number of anilines is 4. The number of ether oxygens (including phenoxy) is 1. The molecular formula is C36H42N8O4. The monoisotopic (exact) mass is 650 g/mol. The molecule has 12 heteroatoms. The lowest BCUT2D eigenvalue weighted by molar-refractivity contribution is -0.0792. The van der Waals surface area contributed by atoms with E-state index in [1.165, 1.54) is 15.8 Å². The molecule has 1 aliphatic carbocycles. The van der Waals surface area contributed by atoms with Gasteiger partial charge in [0.15, 0.2) is 0 Å². The van der Waals surface area contributed by atoms with Gasteiger partial charge in [-0.2, -0.15) is 0 Å². The number of amides is 1. The Morgan fingerprint density at radius 3 is 2.62 bits per heavy atom. The molecule has 8 rings (SSSR count). The second-order valence-corrected chi connectivity index (χ2v) is 13.5. The Kier molecular flexibility index (Phi) is 8.02. The van der Waals surface area contributed by atoms with Gasteiger partial charge in [-0.1, -0.05) is 0 Å². The molecule has 250 valence electrons. The topological polar surface area (TPSA) is 121 Å². The van der Waals surface area contributed by atoms with Crippen LogP contribution in [-0.2, 0) is 37.8 Å². The molecule has 0 radical (unpaired) electrons. The van der Waals surface area contributed by atoms with E-state index in [1.807, 2.05) is 18.3 Å². The fourth-order valence-electron chi connectivity index (χ4n) is 7.89. The third kappa shape index (κ3) is 5.37. The van der Waals surface area contributed by atoms with Crippen LogP contribution in [0.4, 0.5) is 22.9 Å². The summed E-state index contributed by atoms with van der Waals surface area (Å²) in [6.07, 6.45) is 11.3. The molecule has 0 saturated carbocycles. The summed E-state index contributed by atoms with van der Waals surface area (Å²) in [4.78, 5) is 42.9. The normalized spacial score (nSPS) is 20.0. The Labute approximate surface area is 279 Å². The number of aromatic nitrogens is 4. The molecule has 3 aliphatic heterocycles. The number of nitrogens with zero attached hydrogens (tertiary/aromatic N) is 7. The Morgan fingerprint density at radius 2 is 1.88 bits per heavy atom. The van der Waals surface area contributed by atoms with E-state index in [0.29, 0.717) is 64.8 Å². The van der Waals surface area contributed by atoms with Gasteiger partial charge in [-0.3, -0.25) is 19.5 Å². The summed E-state index contributed by atoms with van der Waals surface area (Å²) in [6, 6.07) is 8.71. The van der Waals surface area contributed by atoms with Crippen molar-refractivity contribution in [1.82, 2.24) is 24.0 Å². The van der Waals surface area contributed by atoms with Crippen molar-refractivity contribution in [2.24, 2.45) is 7.05 Å². The zero-order chi connectivity index (χ0) is 32.9. The summed E-state index contributed by atoms with van der Waals surface area (Å²) in [7, 11) is 1.70. The van der Waals surface area contributed by atoms with Gasteiger partial charge >= 0.3 is 0 Å². The number of pyridine rings is 3. The number of hydrogen-bond donors (Lipinski definition) is 2. The first-order valence-corrected chi connectivity index (χ1v) is 17.0. The number of nitrogens with one attached hydrogen (secondary N) is 1. The highest BCUT2D eigenvalue weighted by atomic mass is 16.5. The van der Waals surface area contributed by atoms with Crippen molar-refractivity contribution in [2.75, 3.05) is 54.5 Å². The third-order valence-corrected chi connectivity index (χ3v) is 10.5. The SMILES string of the molecule is C[C@@H]1CN(c2ccc(Nc3cc(-c4cncc(N5CCn6c(cc7c6CCCC7)C5=O)c4CO)cn(C)c3=O)nc2)CCN1C1COC1. The fourth-order valence-corrected chi connectivity index (χ4v) is 7.89. The summed E-state index contributed by atoms with van der Waals surface area (Å²) in [6.45, 7) is 7.67. The Bertz CT molecular complexity index is 1910. The molecule has 4 aromatic rings. The predicted molar refractivity (Wildman–Crippen MR) is 184 cm³/mol. The van der Waals surface area contributed by atoms with Gasteiger partial charge in [-0.25, -0.2) is 4.98 Å². The van der Waals surface area contributed by atoms with Crippen molar-refractivity contribution in [3.8, 4) is 11.1 Å². The fraction of sp³-hybridized carbons (Fsp3) is 0.444. The molecule has 2 fully saturated rings. The van der Waals surface area contributed by atoms with Crippen molar-refractivity contribution in [2.45, 2.75) is 57.8 Å². The van der Waals surface area contributed by atoms with Crippen LogP contribution in [0.25, 0.3) is 11.1 Å². The molecule has 0 spiro atoms. The van der Waals surface area contributed by atoms with Gasteiger partial charge in [0, 0.05) is 80.6 Å². The first kappa shape index (κ1) is 30.8. The Morgan fingerprint density at radius 1 is 1.02 bits per heavy atom. The van der Waals surface area contributed by atoms with Crippen LogP contribution in [0.15, 0.2) is 53.8 Å². The number of fused-ring (bicyclic) bond motifs is 3. The van der Waals surface area contributed by atoms with Gasteiger partial charge in [-0.05, 0) is 62.4 Å². The van der Waals surface area contributed by atoms with Crippen LogP contribution < -0.4 is 20.7 Å². The number of aliphatic hydroxyl groups excluding tert-OH is 1. The van der Waals surface area contributed by atoms with Crippen molar-refractivity contribution in [3.05, 3.63) is 81.9 Å². The molecule has 1 amide bonds. The average molecular weight is 651 g/mol. The van der Waals surface area contributed by atoms with E-state index in [9.17, 15) is 14.7 Å². The van der Waals surface area contributed by atoms with Crippen LogP contribution in [0, 0.1) is 0 Å². The Hall–Kier alpha value is -4.52. The van der Waals surface area contributed by atoms with Gasteiger partial charge in [0.25, 0.3) is 11.5 Å². The molecule has 0 aromatic carbocycles. The summed E-state index contributed by atoms with van der Waals surface area (Å²) in [5.74, 6) is 0.483. The molecule has 12 nitrogen and oxygen atoms in total. The smallest absolute Gasteiger partial charge is 0.275 e. The summed E-state index contributed by atoms with van der Waals surface area (Å²) in [5.41, 5.74) is 7.00. The van der Waals surface area contributed by atoms with Gasteiger partial charge in [0.2, 0.25) is 0 Å². The summed E-state index contributed by atoms with van der Waals surface area (Å²) in [5, 5.41) is 13.9. The second kappa shape index (κ2) is 12.5. The lowest BCUT2D eigenvalue weighted by Gasteiger charge is -2.47. The van der Waals surface area contributed by atoms with Crippen molar-refractivity contribution in [3.63, 3.8) is 0 Å². The lowest BCUT2D eigenvalue weighted by atomic mass is 9.98. The third-order valence-electron chi connectivity index (χ3n) is 10.5. The molecule has 4 aliphatic rings. The van der Waals surface area contributed by atoms with Crippen molar-refractivity contribution < 1.29 is 14.6 Å². The molecule has 2 saturated heterocycles. The zero-order valence-electron chi connectivity index (χ0n) is 27.6. The largest absolute Gasteiger partial charge is 0.392 e. The van der Waals surface area contributed by atoms with Crippen molar-refractivity contribution >= 4 is 28.8 Å². The second-order valence-electron chi connectivity index (χ2n) is 13.5. The minimum atomic E-state index is -0.287. The molecule has 0 unspecified atom stereocenters. The van der Waals surface area contributed by atoms with E-state index in [-0.39, 0.29) is 18.1 Å². The lowest BCUT2D eigenvalue weighted by Crippen LogP contribution is -2.60. The predicted octanol–water partition coefficient (Wildman–Crippen LogP) is 3.33. The summed E-state index contributed by atoms with van der Waals surface area (Å²) < 4.78 is 9.09. The van der Waals surface area contributed by atoms with E-state index in [2.05, 4.69) is 42.6 Å². The van der Waals surface area contributed by atoms with Crippen LogP contribution in [0.2, 0.25) is 0 Å². The number of carbonyl (C=O) groups excluding carboxylic acids is 1. The maximum Gasteiger partial charge on any atom is 0.275 e. The molecule has 1 atom stereocenters. The average Bonchev–Trinajstić information content (AvgIpc) is 3.47. The maximum atomic E-state index is 13.8. The van der Waals surface area contributed by atoms with Gasteiger partial charge < -0.3 is 34.1 Å². The number of aliphatic hydroxyl groups is 1. The zero-order valence-corrected chi connectivity index (χ0v) is 27.6. The standard InChI is InChI=1S/C36H42N8O4/c1-23-18-41(9-10-42(23)27-21-48-22-27)26-7-8-34(38-15-26)39-30-13-25(19-40(2)35(30)46)28-16-37-17-33(29(28)20-45)44-12-11-43-31-6-4-3-5-24(31)14-32(43)36(44)47/h7-8,13-17,19,23,27,45H,3-6,9-12,18,20-22H2,1-2H3,(H,38,39)/t23-/m1/s1. The number of hydrogen-bond acceptors (Lipinski definition) is 9. The molecule has 2 N–H and O–H groups in total. The number of rotatable bonds is 7. The van der Waals surface area contributed by atoms with Crippen LogP contribution in [0.1, 0.15) is 47.1 Å². The van der Waals surface area contributed by atoms with E-state index in [0.717, 1.165) is 64.2 Å². The quantitative estimate of drug-likeness (QED) is 0.310. The highest BCUT2D eigenvalue weighted by Crippen LogP contribution is 2.35. The number of aryl methyl sites for hydroxylation is 2. The van der Waals surface area contributed by atoms with E-state index in [4.69, 9.17) is 4.74 Å². The molecule has 4 aromatic heterocycles. The molecule has 48 heavy (non-hydrogen) atoms. The van der Waals surface area contributed by atoms with Crippen LogP contribution >= 0.6 is 0 Å². The van der Waals surface area contributed by atoms with Gasteiger partial charge in [-0.15, -0.1) is 0 Å². The molecular weight excluding hydrogens is 608 g/mol. The van der Waals surface area contributed by atoms with Gasteiger partial charge in [0.05, 0.1) is 49.6 Å². The van der Waals surface area contributed by atoms with Crippen LogP contribution in [0.3, 0.4) is 0 Å².